The van der Waals surface area contributed by atoms with Crippen LogP contribution in [0.4, 0.5) is 0 Å². The quantitative estimate of drug-likeness (QED) is 0.886. The van der Waals surface area contributed by atoms with E-state index in [4.69, 9.17) is 5.11 Å². The summed E-state index contributed by atoms with van der Waals surface area (Å²) in [6.07, 6.45) is 0.0374. The van der Waals surface area contributed by atoms with Crippen molar-refractivity contribution in [3.63, 3.8) is 0 Å². The molecule has 0 atom stereocenters. The van der Waals surface area contributed by atoms with Crippen molar-refractivity contribution in [1.29, 1.82) is 0 Å². The normalized spacial score (nSPS) is 10.4. The maximum atomic E-state index is 10.6. The molecule has 0 amide bonds. The summed E-state index contributed by atoms with van der Waals surface area (Å²) in [5.41, 5.74) is 0.781. The Labute approximate surface area is 123 Å². The van der Waals surface area contributed by atoms with E-state index in [1.807, 2.05) is 36.4 Å². The Morgan fingerprint density at radius 2 is 1.74 bits per heavy atom. The van der Waals surface area contributed by atoms with E-state index in [9.17, 15) is 9.90 Å². The number of phenolic OH excluding ortho intramolecular Hbond substituents is 1. The highest BCUT2D eigenvalue weighted by molar-refractivity contribution is 9.10. The lowest BCUT2D eigenvalue weighted by atomic mass is 10.2. The molecule has 0 spiro atoms. The number of carboxylic acids is 1. The van der Waals surface area contributed by atoms with Crippen molar-refractivity contribution in [1.82, 2.24) is 0 Å². The molecular formula is C14H11BrO3S. The zero-order valence-electron chi connectivity index (χ0n) is 9.84. The zero-order chi connectivity index (χ0) is 13.8. The fourth-order valence-electron chi connectivity index (χ4n) is 1.54. The highest BCUT2D eigenvalue weighted by Gasteiger charge is 2.03. The van der Waals surface area contributed by atoms with E-state index >= 15 is 0 Å². The molecule has 0 fully saturated rings. The van der Waals surface area contributed by atoms with Gasteiger partial charge < -0.3 is 10.2 Å². The van der Waals surface area contributed by atoms with E-state index in [1.54, 1.807) is 17.8 Å². The lowest BCUT2D eigenvalue weighted by molar-refractivity contribution is -0.136. The minimum absolute atomic E-state index is 0.0374. The number of carbonyl (C=O) groups is 1. The van der Waals surface area contributed by atoms with Crippen LogP contribution in [-0.2, 0) is 11.2 Å². The first-order valence-electron chi connectivity index (χ1n) is 5.52. The molecule has 5 heteroatoms. The molecule has 0 aliphatic heterocycles. The van der Waals surface area contributed by atoms with Gasteiger partial charge in [-0.25, -0.2) is 0 Å². The first-order chi connectivity index (χ1) is 9.04. The van der Waals surface area contributed by atoms with Gasteiger partial charge >= 0.3 is 5.97 Å². The number of carboxylic acid groups (broad SMARTS) is 1. The fourth-order valence-corrected chi connectivity index (χ4v) is 2.92. The SMILES string of the molecule is O=C(O)Cc1ccc(Sc2ccc(O)c(Br)c2)cc1. The van der Waals surface area contributed by atoms with Crippen LogP contribution in [0.25, 0.3) is 0 Å². The molecule has 0 heterocycles. The Hall–Kier alpha value is -1.46. The summed E-state index contributed by atoms with van der Waals surface area (Å²) in [7, 11) is 0. The number of benzene rings is 2. The van der Waals surface area contributed by atoms with Crippen LogP contribution >= 0.6 is 27.7 Å². The number of phenols is 1. The van der Waals surface area contributed by atoms with Gasteiger partial charge in [-0.1, -0.05) is 23.9 Å². The predicted molar refractivity (Wildman–Crippen MR) is 77.7 cm³/mol. The summed E-state index contributed by atoms with van der Waals surface area (Å²) >= 11 is 4.82. The number of rotatable bonds is 4. The topological polar surface area (TPSA) is 57.5 Å². The lowest BCUT2D eigenvalue weighted by Gasteiger charge is -2.04. The van der Waals surface area contributed by atoms with Crippen molar-refractivity contribution in [2.24, 2.45) is 0 Å². The third-order valence-electron chi connectivity index (χ3n) is 2.43. The number of aromatic hydroxyl groups is 1. The largest absolute Gasteiger partial charge is 0.507 e. The molecule has 0 saturated carbocycles. The number of hydrogen-bond donors (Lipinski definition) is 2. The average molecular weight is 339 g/mol. The van der Waals surface area contributed by atoms with Gasteiger partial charge in [-0.3, -0.25) is 4.79 Å². The standard InChI is InChI=1S/C14H11BrO3S/c15-12-8-11(5-6-13(12)16)19-10-3-1-9(2-4-10)7-14(17)18/h1-6,8,16H,7H2,(H,17,18). The molecule has 0 saturated heterocycles. The average Bonchev–Trinajstić information content (AvgIpc) is 2.36. The van der Waals surface area contributed by atoms with Crippen LogP contribution in [0.3, 0.4) is 0 Å². The second-order valence-corrected chi connectivity index (χ2v) is 5.93. The molecule has 2 aromatic rings. The molecule has 2 rings (SSSR count). The van der Waals surface area contributed by atoms with Crippen molar-refractivity contribution in [2.75, 3.05) is 0 Å². The predicted octanol–water partition coefficient (Wildman–Crippen LogP) is 3.93. The van der Waals surface area contributed by atoms with Crippen LogP contribution in [-0.4, -0.2) is 16.2 Å². The Kier molecular flexibility index (Phi) is 4.50. The minimum atomic E-state index is -0.831. The van der Waals surface area contributed by atoms with Gasteiger partial charge in [-0.2, -0.15) is 0 Å². The van der Waals surface area contributed by atoms with E-state index in [0.29, 0.717) is 4.47 Å². The summed E-state index contributed by atoms with van der Waals surface area (Å²) in [6.45, 7) is 0. The molecule has 2 N–H and O–H groups in total. The van der Waals surface area contributed by atoms with E-state index in [2.05, 4.69) is 15.9 Å². The van der Waals surface area contributed by atoms with Gasteiger partial charge in [0.15, 0.2) is 0 Å². The summed E-state index contributed by atoms with van der Waals surface area (Å²) in [6, 6.07) is 12.7. The maximum Gasteiger partial charge on any atom is 0.307 e. The molecule has 0 aromatic heterocycles. The first kappa shape index (κ1) is 14.0. The van der Waals surface area contributed by atoms with Gasteiger partial charge in [-0.05, 0) is 51.8 Å². The number of hydrogen-bond acceptors (Lipinski definition) is 3. The summed E-state index contributed by atoms with van der Waals surface area (Å²) < 4.78 is 0.653. The fraction of sp³-hybridized carbons (Fsp3) is 0.0714. The van der Waals surface area contributed by atoms with Gasteiger partial charge in [0.25, 0.3) is 0 Å². The number of aliphatic carboxylic acids is 1. The van der Waals surface area contributed by atoms with Crippen LogP contribution in [0.5, 0.6) is 5.75 Å². The van der Waals surface area contributed by atoms with Gasteiger partial charge in [0.05, 0.1) is 10.9 Å². The second kappa shape index (κ2) is 6.12. The van der Waals surface area contributed by atoms with Crippen LogP contribution < -0.4 is 0 Å². The van der Waals surface area contributed by atoms with Crippen LogP contribution in [0.1, 0.15) is 5.56 Å². The second-order valence-electron chi connectivity index (χ2n) is 3.93. The monoisotopic (exact) mass is 338 g/mol. The highest BCUT2D eigenvalue weighted by atomic mass is 79.9. The van der Waals surface area contributed by atoms with Gasteiger partial charge in [0.2, 0.25) is 0 Å². The molecule has 3 nitrogen and oxygen atoms in total. The Bertz CT molecular complexity index is 596. The zero-order valence-corrected chi connectivity index (χ0v) is 12.2. The highest BCUT2D eigenvalue weighted by Crippen LogP contribution is 2.33. The first-order valence-corrected chi connectivity index (χ1v) is 7.12. The van der Waals surface area contributed by atoms with Crippen LogP contribution in [0.15, 0.2) is 56.7 Å². The molecular weight excluding hydrogens is 328 g/mol. The van der Waals surface area contributed by atoms with Crippen molar-refractivity contribution in [2.45, 2.75) is 16.2 Å². The molecule has 19 heavy (non-hydrogen) atoms. The molecule has 98 valence electrons. The van der Waals surface area contributed by atoms with Crippen molar-refractivity contribution >= 4 is 33.7 Å². The number of halogens is 1. The Morgan fingerprint density at radius 1 is 1.11 bits per heavy atom. The van der Waals surface area contributed by atoms with Gasteiger partial charge in [0.1, 0.15) is 5.75 Å². The minimum Gasteiger partial charge on any atom is -0.507 e. The van der Waals surface area contributed by atoms with Gasteiger partial charge in [0, 0.05) is 9.79 Å². The molecule has 0 bridgehead atoms. The third kappa shape index (κ3) is 4.01. The lowest BCUT2D eigenvalue weighted by Crippen LogP contribution is -1.99. The van der Waals surface area contributed by atoms with Crippen LogP contribution in [0.2, 0.25) is 0 Å². The maximum absolute atomic E-state index is 10.6. The third-order valence-corrected chi connectivity index (χ3v) is 4.07. The Balaban J connectivity index is 2.10. The van der Waals surface area contributed by atoms with Gasteiger partial charge in [-0.15, -0.1) is 0 Å². The van der Waals surface area contributed by atoms with E-state index in [1.165, 1.54) is 0 Å². The molecule has 0 radical (unpaired) electrons. The Morgan fingerprint density at radius 3 is 2.32 bits per heavy atom. The molecule has 2 aromatic carbocycles. The van der Waals surface area contributed by atoms with Crippen LogP contribution in [0, 0.1) is 0 Å². The molecule has 0 aliphatic carbocycles. The van der Waals surface area contributed by atoms with Crippen molar-refractivity contribution in [3.8, 4) is 5.75 Å². The van der Waals surface area contributed by atoms with E-state index in [0.717, 1.165) is 15.4 Å². The van der Waals surface area contributed by atoms with Crippen molar-refractivity contribution in [3.05, 3.63) is 52.5 Å². The smallest absolute Gasteiger partial charge is 0.307 e. The summed E-state index contributed by atoms with van der Waals surface area (Å²) in [5.74, 6) is -0.621. The van der Waals surface area contributed by atoms with E-state index < -0.39 is 5.97 Å². The summed E-state index contributed by atoms with van der Waals surface area (Å²) in [5, 5.41) is 18.1. The van der Waals surface area contributed by atoms with Crippen molar-refractivity contribution < 1.29 is 15.0 Å². The van der Waals surface area contributed by atoms with E-state index in [-0.39, 0.29) is 12.2 Å². The summed E-state index contributed by atoms with van der Waals surface area (Å²) in [4.78, 5) is 12.6. The molecule has 0 unspecified atom stereocenters. The molecule has 0 aliphatic rings.